The van der Waals surface area contributed by atoms with Crippen molar-refractivity contribution in [2.24, 2.45) is 5.73 Å². The van der Waals surface area contributed by atoms with Gasteiger partial charge in [-0.1, -0.05) is 18.7 Å². The molecule has 0 unspecified atom stereocenters. The van der Waals surface area contributed by atoms with Crippen LogP contribution in [0.4, 0.5) is 0 Å². The van der Waals surface area contributed by atoms with E-state index < -0.39 is 0 Å². The first-order chi connectivity index (χ1) is 6.61. The van der Waals surface area contributed by atoms with Crippen LogP contribution in [0.25, 0.3) is 0 Å². The lowest BCUT2D eigenvalue weighted by Crippen LogP contribution is -2.21. The average molecular weight is 211 g/mol. The van der Waals surface area contributed by atoms with E-state index in [1.165, 1.54) is 0 Å². The van der Waals surface area contributed by atoms with Gasteiger partial charge in [0.05, 0.1) is 0 Å². The van der Waals surface area contributed by atoms with Crippen LogP contribution in [0.3, 0.4) is 0 Å². The molecule has 3 nitrogen and oxygen atoms in total. The van der Waals surface area contributed by atoms with Gasteiger partial charge in [0.15, 0.2) is 5.16 Å². The lowest BCUT2D eigenvalue weighted by atomic mass is 10.3. The van der Waals surface area contributed by atoms with Crippen LogP contribution in [0.1, 0.15) is 24.7 Å². The average Bonchev–Trinajstić information content (AvgIpc) is 2.12. The summed E-state index contributed by atoms with van der Waals surface area (Å²) in [5.41, 5.74) is 7.86. The van der Waals surface area contributed by atoms with Crippen LogP contribution >= 0.6 is 11.8 Å². The second-order valence-electron chi connectivity index (χ2n) is 3.41. The number of thioether (sulfide) groups is 1. The molecule has 0 spiro atoms. The molecule has 14 heavy (non-hydrogen) atoms. The number of aryl methyl sites for hydroxylation is 2. The molecule has 1 atom stereocenters. The van der Waals surface area contributed by atoms with Crippen molar-refractivity contribution in [3.8, 4) is 0 Å². The van der Waals surface area contributed by atoms with Crippen molar-refractivity contribution >= 4 is 11.8 Å². The highest BCUT2D eigenvalue weighted by molar-refractivity contribution is 7.99. The minimum atomic E-state index is 0.240. The fourth-order valence-corrected chi connectivity index (χ4v) is 2.07. The van der Waals surface area contributed by atoms with Gasteiger partial charge in [-0.3, -0.25) is 0 Å². The Balaban J connectivity index is 2.58. The Morgan fingerprint density at radius 1 is 1.36 bits per heavy atom. The molecule has 0 radical (unpaired) electrons. The molecule has 1 aromatic heterocycles. The second-order valence-corrected chi connectivity index (χ2v) is 4.40. The smallest absolute Gasteiger partial charge is 0.188 e. The minimum absolute atomic E-state index is 0.240. The van der Waals surface area contributed by atoms with Crippen LogP contribution in [-0.2, 0) is 0 Å². The molecule has 2 N–H and O–H groups in total. The van der Waals surface area contributed by atoms with Gasteiger partial charge in [0.1, 0.15) is 0 Å². The first-order valence-corrected chi connectivity index (χ1v) is 5.81. The summed E-state index contributed by atoms with van der Waals surface area (Å²) >= 11 is 1.63. The maximum absolute atomic E-state index is 5.82. The molecule has 1 aromatic rings. The molecule has 0 fully saturated rings. The van der Waals surface area contributed by atoms with Gasteiger partial charge in [-0.25, -0.2) is 9.97 Å². The zero-order valence-corrected chi connectivity index (χ0v) is 9.77. The van der Waals surface area contributed by atoms with E-state index in [9.17, 15) is 0 Å². The summed E-state index contributed by atoms with van der Waals surface area (Å²) in [6.07, 6.45) is 0.998. The number of rotatable bonds is 4. The van der Waals surface area contributed by atoms with Crippen molar-refractivity contribution in [3.05, 3.63) is 17.5 Å². The lowest BCUT2D eigenvalue weighted by molar-refractivity contribution is 0.722. The first kappa shape index (κ1) is 11.5. The fraction of sp³-hybridized carbons (Fsp3) is 0.600. The predicted octanol–water partition coefficient (Wildman–Crippen LogP) is 1.92. The van der Waals surface area contributed by atoms with Crippen LogP contribution in [0.2, 0.25) is 0 Å². The number of aromatic nitrogens is 2. The summed E-state index contributed by atoms with van der Waals surface area (Å²) in [7, 11) is 0. The summed E-state index contributed by atoms with van der Waals surface area (Å²) in [5.74, 6) is 0.888. The Labute approximate surface area is 89.5 Å². The largest absolute Gasteiger partial charge is 0.327 e. The van der Waals surface area contributed by atoms with Crippen LogP contribution in [-0.4, -0.2) is 21.8 Å². The van der Waals surface area contributed by atoms with E-state index in [1.54, 1.807) is 11.8 Å². The van der Waals surface area contributed by atoms with Crippen molar-refractivity contribution in [2.75, 3.05) is 5.75 Å². The molecular weight excluding hydrogens is 194 g/mol. The van der Waals surface area contributed by atoms with E-state index in [0.717, 1.165) is 28.7 Å². The second kappa shape index (κ2) is 5.32. The Morgan fingerprint density at radius 3 is 2.43 bits per heavy atom. The molecular formula is C10H17N3S. The summed E-state index contributed by atoms with van der Waals surface area (Å²) in [6, 6.07) is 2.22. The highest BCUT2D eigenvalue weighted by Crippen LogP contribution is 2.15. The maximum Gasteiger partial charge on any atom is 0.188 e. The van der Waals surface area contributed by atoms with Gasteiger partial charge >= 0.3 is 0 Å². The summed E-state index contributed by atoms with van der Waals surface area (Å²) < 4.78 is 0. The van der Waals surface area contributed by atoms with E-state index in [2.05, 4.69) is 16.9 Å². The van der Waals surface area contributed by atoms with Crippen LogP contribution < -0.4 is 5.73 Å². The Bertz CT molecular complexity index is 281. The molecule has 78 valence electrons. The Hall–Kier alpha value is -0.610. The maximum atomic E-state index is 5.82. The molecule has 1 rings (SSSR count). The molecule has 0 amide bonds. The van der Waals surface area contributed by atoms with E-state index in [-0.39, 0.29) is 6.04 Å². The standard InChI is InChI=1S/C10H17N3S/c1-4-9(11)6-14-10-12-7(2)5-8(3)13-10/h5,9H,4,6,11H2,1-3H3/t9-/m1/s1. The van der Waals surface area contributed by atoms with Gasteiger partial charge in [0.25, 0.3) is 0 Å². The van der Waals surface area contributed by atoms with Crippen LogP contribution in [0.5, 0.6) is 0 Å². The highest BCUT2D eigenvalue weighted by Gasteiger charge is 2.04. The topological polar surface area (TPSA) is 51.8 Å². The Kier molecular flexibility index (Phi) is 4.35. The number of nitrogens with two attached hydrogens (primary N) is 1. The highest BCUT2D eigenvalue weighted by atomic mass is 32.2. The van der Waals surface area contributed by atoms with Gasteiger partial charge in [-0.2, -0.15) is 0 Å². The monoisotopic (exact) mass is 211 g/mol. The van der Waals surface area contributed by atoms with Crippen LogP contribution in [0, 0.1) is 13.8 Å². The number of hydrogen-bond donors (Lipinski definition) is 1. The third-order valence-electron chi connectivity index (χ3n) is 1.91. The number of nitrogens with zero attached hydrogens (tertiary/aromatic N) is 2. The van der Waals surface area contributed by atoms with Crippen molar-refractivity contribution in [2.45, 2.75) is 38.4 Å². The van der Waals surface area contributed by atoms with E-state index in [1.807, 2.05) is 19.9 Å². The predicted molar refractivity (Wildman–Crippen MR) is 60.5 cm³/mol. The minimum Gasteiger partial charge on any atom is -0.327 e. The third kappa shape index (κ3) is 3.64. The van der Waals surface area contributed by atoms with Gasteiger partial charge in [0, 0.05) is 23.2 Å². The van der Waals surface area contributed by atoms with Crippen molar-refractivity contribution in [1.29, 1.82) is 0 Å². The first-order valence-electron chi connectivity index (χ1n) is 4.82. The molecule has 0 aromatic carbocycles. The third-order valence-corrected chi connectivity index (χ3v) is 2.95. The molecule has 0 saturated carbocycles. The molecule has 0 aliphatic rings. The van der Waals surface area contributed by atoms with Crippen LogP contribution in [0.15, 0.2) is 11.2 Å². The zero-order chi connectivity index (χ0) is 10.6. The van der Waals surface area contributed by atoms with Crippen molar-refractivity contribution < 1.29 is 0 Å². The SMILES string of the molecule is CC[C@@H](N)CSc1nc(C)cc(C)n1. The van der Waals surface area contributed by atoms with Crippen molar-refractivity contribution in [3.63, 3.8) is 0 Å². The Morgan fingerprint density at radius 2 is 1.93 bits per heavy atom. The van der Waals surface area contributed by atoms with Gasteiger partial charge in [-0.15, -0.1) is 0 Å². The quantitative estimate of drug-likeness (QED) is 0.610. The summed E-state index contributed by atoms with van der Waals surface area (Å²) in [4.78, 5) is 8.67. The zero-order valence-electron chi connectivity index (χ0n) is 8.95. The van der Waals surface area contributed by atoms with Gasteiger partial charge in [0.2, 0.25) is 0 Å². The van der Waals surface area contributed by atoms with E-state index in [0.29, 0.717) is 0 Å². The fourth-order valence-electron chi connectivity index (χ4n) is 1.06. The molecule has 0 aliphatic heterocycles. The molecule has 4 heteroatoms. The summed E-state index contributed by atoms with van der Waals surface area (Å²) in [5, 5.41) is 0.839. The normalized spacial score (nSPS) is 12.9. The molecule has 0 bridgehead atoms. The number of hydrogen-bond acceptors (Lipinski definition) is 4. The van der Waals surface area contributed by atoms with E-state index in [4.69, 9.17) is 5.73 Å². The summed E-state index contributed by atoms with van der Waals surface area (Å²) in [6.45, 7) is 6.06. The molecule has 0 saturated heterocycles. The molecule has 1 heterocycles. The lowest BCUT2D eigenvalue weighted by Gasteiger charge is -2.07. The van der Waals surface area contributed by atoms with Crippen molar-refractivity contribution in [1.82, 2.24) is 9.97 Å². The van der Waals surface area contributed by atoms with Gasteiger partial charge < -0.3 is 5.73 Å². The van der Waals surface area contributed by atoms with E-state index >= 15 is 0 Å². The molecule has 0 aliphatic carbocycles. The van der Waals surface area contributed by atoms with Gasteiger partial charge in [-0.05, 0) is 26.3 Å².